The highest BCUT2D eigenvalue weighted by molar-refractivity contribution is 4.75. The monoisotopic (exact) mass is 199 g/mol. The average molecular weight is 199 g/mol. The summed E-state index contributed by atoms with van der Waals surface area (Å²) in [6, 6.07) is 0. The zero-order valence-electron chi connectivity index (χ0n) is 10.8. The van der Waals surface area contributed by atoms with Crippen LogP contribution in [0.3, 0.4) is 0 Å². The summed E-state index contributed by atoms with van der Waals surface area (Å²) in [5.74, 6) is 0. The molecule has 0 heterocycles. The van der Waals surface area contributed by atoms with Crippen LogP contribution >= 0.6 is 0 Å². The van der Waals surface area contributed by atoms with Gasteiger partial charge in [-0.15, -0.1) is 13.2 Å². The van der Waals surface area contributed by atoms with Crippen LogP contribution in [0.1, 0.15) is 41.0 Å². The van der Waals surface area contributed by atoms with E-state index in [-0.39, 0.29) is 0 Å². The first-order chi connectivity index (χ1) is 6.85. The first-order valence-corrected chi connectivity index (χ1v) is 5.79. The predicted molar refractivity (Wildman–Crippen MR) is 69.8 cm³/mol. The molecule has 0 N–H and O–H groups in total. The maximum Gasteiger partial charge on any atom is 0.0160 e. The van der Waals surface area contributed by atoms with Crippen molar-refractivity contribution < 1.29 is 0 Å². The molecule has 0 spiro atoms. The summed E-state index contributed by atoms with van der Waals surface area (Å²) in [6.07, 6.45) is 4.96. The lowest BCUT2D eigenvalue weighted by molar-refractivity contribution is 0.326. The fourth-order valence-electron chi connectivity index (χ4n) is 0.835. The quantitative estimate of drug-likeness (QED) is 0.582. The van der Waals surface area contributed by atoms with Gasteiger partial charge in [0, 0.05) is 13.1 Å². The second-order valence-electron chi connectivity index (χ2n) is 2.26. The normalized spacial score (nSPS) is 7.86. The van der Waals surface area contributed by atoms with Gasteiger partial charge >= 0.3 is 0 Å². The van der Waals surface area contributed by atoms with Gasteiger partial charge in [-0.2, -0.15) is 0 Å². The highest BCUT2D eigenvalue weighted by Gasteiger charge is 1.95. The average Bonchev–Trinajstić information content (AvgIpc) is 2.29. The molecule has 1 heteroatoms. The molecule has 0 aromatic heterocycles. The van der Waals surface area contributed by atoms with Gasteiger partial charge in [0.15, 0.2) is 0 Å². The van der Waals surface area contributed by atoms with Crippen molar-refractivity contribution in [1.29, 1.82) is 0 Å². The van der Waals surface area contributed by atoms with Gasteiger partial charge in [-0.05, 0) is 13.0 Å². The topological polar surface area (TPSA) is 3.24 Å². The van der Waals surface area contributed by atoms with Crippen LogP contribution in [0.15, 0.2) is 25.3 Å². The molecular formula is C13H29N. The Hall–Kier alpha value is -0.560. The number of hydrogen-bond acceptors (Lipinski definition) is 1. The van der Waals surface area contributed by atoms with Gasteiger partial charge in [-0.1, -0.05) is 46.8 Å². The Labute approximate surface area is 91.5 Å². The Morgan fingerprint density at radius 3 is 1.79 bits per heavy atom. The SMILES string of the molecule is C=CCCN(CC)CC=C.CC.CC. The van der Waals surface area contributed by atoms with Gasteiger partial charge in [0.2, 0.25) is 0 Å². The molecule has 0 bridgehead atoms. The minimum Gasteiger partial charge on any atom is -0.300 e. The van der Waals surface area contributed by atoms with Crippen LogP contribution in [-0.4, -0.2) is 24.5 Å². The Kier molecular flexibility index (Phi) is 31.2. The summed E-state index contributed by atoms with van der Waals surface area (Å²) < 4.78 is 0. The maximum absolute atomic E-state index is 3.69. The number of rotatable bonds is 6. The van der Waals surface area contributed by atoms with Crippen molar-refractivity contribution in [2.24, 2.45) is 0 Å². The largest absolute Gasteiger partial charge is 0.300 e. The number of likely N-dealkylation sites (N-methyl/N-ethyl adjacent to an activating group) is 1. The third kappa shape index (κ3) is 17.5. The van der Waals surface area contributed by atoms with Gasteiger partial charge in [0.05, 0.1) is 0 Å². The molecule has 0 aromatic rings. The van der Waals surface area contributed by atoms with E-state index in [4.69, 9.17) is 0 Å². The molecule has 0 saturated heterocycles. The minimum absolute atomic E-state index is 0.990. The first-order valence-electron chi connectivity index (χ1n) is 5.79. The van der Waals surface area contributed by atoms with E-state index in [1.807, 2.05) is 39.8 Å². The smallest absolute Gasteiger partial charge is 0.0160 e. The highest BCUT2D eigenvalue weighted by atomic mass is 15.1. The number of nitrogens with zero attached hydrogens (tertiary/aromatic N) is 1. The van der Waals surface area contributed by atoms with E-state index >= 15 is 0 Å². The van der Waals surface area contributed by atoms with Crippen molar-refractivity contribution in [3.63, 3.8) is 0 Å². The molecule has 0 aliphatic rings. The van der Waals surface area contributed by atoms with Crippen LogP contribution < -0.4 is 0 Å². The van der Waals surface area contributed by atoms with E-state index < -0.39 is 0 Å². The van der Waals surface area contributed by atoms with Crippen LogP contribution in [0, 0.1) is 0 Å². The van der Waals surface area contributed by atoms with E-state index in [1.165, 1.54) is 0 Å². The molecule has 0 rings (SSSR count). The zero-order valence-corrected chi connectivity index (χ0v) is 10.8. The van der Waals surface area contributed by atoms with Crippen molar-refractivity contribution in [3.05, 3.63) is 25.3 Å². The highest BCUT2D eigenvalue weighted by Crippen LogP contribution is 1.90. The predicted octanol–water partition coefficient (Wildman–Crippen LogP) is 4.12. The third-order valence-electron chi connectivity index (χ3n) is 1.48. The summed E-state index contributed by atoms with van der Waals surface area (Å²) in [5.41, 5.74) is 0. The lowest BCUT2D eigenvalue weighted by Gasteiger charge is -2.16. The molecule has 0 aliphatic carbocycles. The summed E-state index contributed by atoms with van der Waals surface area (Å²) in [7, 11) is 0. The fourth-order valence-corrected chi connectivity index (χ4v) is 0.835. The van der Waals surface area contributed by atoms with Crippen LogP contribution in [-0.2, 0) is 0 Å². The Morgan fingerprint density at radius 2 is 1.50 bits per heavy atom. The van der Waals surface area contributed by atoms with Gasteiger partial charge < -0.3 is 0 Å². The molecule has 0 atom stereocenters. The molecule has 0 aromatic carbocycles. The lowest BCUT2D eigenvalue weighted by Crippen LogP contribution is -2.23. The van der Waals surface area contributed by atoms with Crippen LogP contribution in [0.25, 0.3) is 0 Å². The molecule has 14 heavy (non-hydrogen) atoms. The molecule has 0 unspecified atom stereocenters. The molecule has 86 valence electrons. The van der Waals surface area contributed by atoms with Gasteiger partial charge in [-0.3, -0.25) is 4.90 Å². The number of hydrogen-bond donors (Lipinski definition) is 0. The van der Waals surface area contributed by atoms with Crippen molar-refractivity contribution in [1.82, 2.24) is 4.90 Å². The van der Waals surface area contributed by atoms with E-state index in [2.05, 4.69) is 25.0 Å². The summed E-state index contributed by atoms with van der Waals surface area (Å²) in [5, 5.41) is 0. The van der Waals surface area contributed by atoms with Gasteiger partial charge in [0.1, 0.15) is 0 Å². The Balaban J connectivity index is -0.000000266. The van der Waals surface area contributed by atoms with E-state index in [0.717, 1.165) is 26.1 Å². The second kappa shape index (κ2) is 22.9. The standard InChI is InChI=1S/C9H17N.2C2H6/c1-4-7-9-10(6-3)8-5-2;2*1-2/h4-5H,1-2,6-9H2,3H3;2*1-2H3. The molecule has 0 saturated carbocycles. The van der Waals surface area contributed by atoms with E-state index in [9.17, 15) is 0 Å². The molecule has 0 amide bonds. The summed E-state index contributed by atoms with van der Waals surface area (Å²) in [6.45, 7) is 20.7. The lowest BCUT2D eigenvalue weighted by atomic mass is 10.3. The van der Waals surface area contributed by atoms with Crippen LogP contribution in [0.2, 0.25) is 0 Å². The Bertz CT molecular complexity index is 97.4. The molecule has 1 nitrogen and oxygen atoms in total. The van der Waals surface area contributed by atoms with Crippen molar-refractivity contribution in [2.75, 3.05) is 19.6 Å². The molecule has 0 radical (unpaired) electrons. The van der Waals surface area contributed by atoms with E-state index in [1.54, 1.807) is 0 Å². The van der Waals surface area contributed by atoms with Gasteiger partial charge in [0.25, 0.3) is 0 Å². The zero-order chi connectivity index (χ0) is 11.8. The Morgan fingerprint density at radius 1 is 1.00 bits per heavy atom. The maximum atomic E-state index is 3.69. The minimum atomic E-state index is 0.990. The van der Waals surface area contributed by atoms with Crippen LogP contribution in [0.4, 0.5) is 0 Å². The van der Waals surface area contributed by atoms with Crippen molar-refractivity contribution in [3.8, 4) is 0 Å². The fraction of sp³-hybridized carbons (Fsp3) is 0.692. The molecule has 0 fully saturated rings. The summed E-state index contributed by atoms with van der Waals surface area (Å²) in [4.78, 5) is 2.33. The van der Waals surface area contributed by atoms with Gasteiger partial charge in [-0.25, -0.2) is 0 Å². The molecular weight excluding hydrogens is 170 g/mol. The first kappa shape index (κ1) is 19.1. The van der Waals surface area contributed by atoms with E-state index in [0.29, 0.717) is 0 Å². The third-order valence-corrected chi connectivity index (χ3v) is 1.48. The second-order valence-corrected chi connectivity index (χ2v) is 2.26. The van der Waals surface area contributed by atoms with Crippen molar-refractivity contribution >= 4 is 0 Å². The summed E-state index contributed by atoms with van der Waals surface area (Å²) >= 11 is 0. The molecule has 0 aliphatic heterocycles. The van der Waals surface area contributed by atoms with Crippen LogP contribution in [0.5, 0.6) is 0 Å². The van der Waals surface area contributed by atoms with Crippen molar-refractivity contribution in [2.45, 2.75) is 41.0 Å².